The summed E-state index contributed by atoms with van der Waals surface area (Å²) in [5.74, 6) is 0.639. The zero-order chi connectivity index (χ0) is 13.2. The number of H-pyrrole nitrogens is 1. The van der Waals surface area contributed by atoms with Gasteiger partial charge in [0, 0.05) is 25.0 Å². The minimum atomic E-state index is -0.0871. The average Bonchev–Trinajstić information content (AvgIpc) is 2.98. The van der Waals surface area contributed by atoms with Crippen LogP contribution in [0.1, 0.15) is 35.9 Å². The highest BCUT2D eigenvalue weighted by molar-refractivity contribution is 5.94. The molecular weight excluding hydrogens is 242 g/mol. The Morgan fingerprint density at radius 1 is 1.47 bits per heavy atom. The van der Waals surface area contributed by atoms with E-state index < -0.39 is 0 Å². The van der Waals surface area contributed by atoms with E-state index in [0.717, 1.165) is 42.9 Å². The third kappa shape index (κ3) is 2.25. The number of hydrogen-bond acceptors (Lipinski definition) is 3. The third-order valence-electron chi connectivity index (χ3n) is 3.24. The van der Waals surface area contributed by atoms with Crippen molar-refractivity contribution in [1.29, 1.82) is 0 Å². The molecule has 100 valence electrons. The number of rotatable bonds is 3. The maximum atomic E-state index is 11.8. The lowest BCUT2D eigenvalue weighted by Crippen LogP contribution is -2.23. The molecule has 1 aliphatic rings. The maximum absolute atomic E-state index is 11.8. The van der Waals surface area contributed by atoms with Gasteiger partial charge in [-0.2, -0.15) is 5.10 Å². The smallest absolute Gasteiger partial charge is 0.271 e. The molecule has 0 spiro atoms. The molecule has 19 heavy (non-hydrogen) atoms. The summed E-state index contributed by atoms with van der Waals surface area (Å²) in [6, 6.07) is 0. The van der Waals surface area contributed by atoms with Crippen molar-refractivity contribution in [1.82, 2.24) is 25.1 Å². The normalized spacial score (nSPS) is 14.9. The first kappa shape index (κ1) is 12.0. The second-order valence-corrected chi connectivity index (χ2v) is 4.76. The predicted molar refractivity (Wildman–Crippen MR) is 70.8 cm³/mol. The molecule has 0 aliphatic carbocycles. The molecule has 0 bridgehead atoms. The molecule has 1 amide bonds. The van der Waals surface area contributed by atoms with Crippen molar-refractivity contribution in [3.63, 3.8) is 0 Å². The number of hydrogen-bond donors (Lipinski definition) is 2. The molecule has 0 atom stereocenters. The van der Waals surface area contributed by atoms with Crippen molar-refractivity contribution in [2.45, 2.75) is 32.7 Å². The van der Waals surface area contributed by atoms with Gasteiger partial charge >= 0.3 is 0 Å². The van der Waals surface area contributed by atoms with Crippen molar-refractivity contribution in [2.75, 3.05) is 6.54 Å². The number of fused-ring (bicyclic) bond motifs is 1. The van der Waals surface area contributed by atoms with Crippen LogP contribution in [-0.4, -0.2) is 32.2 Å². The number of aromatic nitrogens is 4. The Hall–Kier alpha value is -2.11. The minimum Gasteiger partial charge on any atom is -0.351 e. The SMILES string of the molecule is CCCn1cc(-c2nc3c([nH]2)CCCNC3=O)cn1. The van der Waals surface area contributed by atoms with Gasteiger partial charge in [-0.1, -0.05) is 6.92 Å². The molecule has 2 aromatic heterocycles. The van der Waals surface area contributed by atoms with Crippen molar-refractivity contribution < 1.29 is 4.79 Å². The fraction of sp³-hybridized carbons (Fsp3) is 0.462. The lowest BCUT2D eigenvalue weighted by Gasteiger charge is -1.96. The van der Waals surface area contributed by atoms with E-state index in [2.05, 4.69) is 27.3 Å². The molecule has 6 nitrogen and oxygen atoms in total. The van der Waals surface area contributed by atoms with Gasteiger partial charge in [0.1, 0.15) is 11.5 Å². The molecule has 0 saturated heterocycles. The molecule has 6 heteroatoms. The third-order valence-corrected chi connectivity index (χ3v) is 3.24. The molecule has 3 rings (SSSR count). The standard InChI is InChI=1S/C13H17N5O/c1-2-6-18-8-9(7-15-18)12-16-10-4-3-5-14-13(19)11(10)17-12/h7-8H,2-6H2,1H3,(H,14,19)(H,16,17). The highest BCUT2D eigenvalue weighted by Gasteiger charge is 2.20. The fourth-order valence-electron chi connectivity index (χ4n) is 2.30. The number of carbonyl (C=O) groups is 1. The summed E-state index contributed by atoms with van der Waals surface area (Å²) < 4.78 is 1.89. The average molecular weight is 259 g/mol. The number of nitrogens with zero attached hydrogens (tertiary/aromatic N) is 3. The summed E-state index contributed by atoms with van der Waals surface area (Å²) in [6.07, 6.45) is 6.57. The van der Waals surface area contributed by atoms with Crippen molar-refractivity contribution in [3.05, 3.63) is 23.8 Å². The highest BCUT2D eigenvalue weighted by atomic mass is 16.1. The molecule has 1 aliphatic heterocycles. The molecule has 3 heterocycles. The van der Waals surface area contributed by atoms with Gasteiger partial charge in [0.2, 0.25) is 0 Å². The number of aryl methyl sites for hydroxylation is 2. The van der Waals surface area contributed by atoms with E-state index in [1.807, 2.05) is 10.9 Å². The van der Waals surface area contributed by atoms with Gasteiger partial charge < -0.3 is 10.3 Å². The molecule has 0 fully saturated rings. The number of imidazole rings is 1. The Kier molecular flexibility index (Phi) is 3.06. The largest absolute Gasteiger partial charge is 0.351 e. The van der Waals surface area contributed by atoms with Gasteiger partial charge in [-0.05, 0) is 19.3 Å². The first-order valence-corrected chi connectivity index (χ1v) is 6.68. The molecule has 2 aromatic rings. The van der Waals surface area contributed by atoms with Crippen LogP contribution in [0.4, 0.5) is 0 Å². The van der Waals surface area contributed by atoms with Crippen LogP contribution in [0.5, 0.6) is 0 Å². The Balaban J connectivity index is 1.93. The van der Waals surface area contributed by atoms with Crippen LogP contribution in [0, 0.1) is 0 Å². The zero-order valence-corrected chi connectivity index (χ0v) is 10.9. The Morgan fingerprint density at radius 3 is 3.21 bits per heavy atom. The van der Waals surface area contributed by atoms with Gasteiger partial charge in [0.25, 0.3) is 5.91 Å². The second-order valence-electron chi connectivity index (χ2n) is 4.76. The fourth-order valence-corrected chi connectivity index (χ4v) is 2.30. The van der Waals surface area contributed by atoms with Crippen molar-refractivity contribution in [3.8, 4) is 11.4 Å². The van der Waals surface area contributed by atoms with Gasteiger partial charge in [-0.25, -0.2) is 4.98 Å². The topological polar surface area (TPSA) is 75.6 Å². The Labute approximate surface area is 111 Å². The number of aromatic amines is 1. The number of amides is 1. The van der Waals surface area contributed by atoms with Gasteiger partial charge in [0.15, 0.2) is 0 Å². The molecule has 0 radical (unpaired) electrons. The van der Waals surface area contributed by atoms with Crippen LogP contribution in [-0.2, 0) is 13.0 Å². The molecule has 2 N–H and O–H groups in total. The van der Waals surface area contributed by atoms with Crippen molar-refractivity contribution >= 4 is 5.91 Å². The first-order chi connectivity index (χ1) is 9.28. The summed E-state index contributed by atoms with van der Waals surface area (Å²) in [5, 5.41) is 7.13. The van der Waals surface area contributed by atoms with Crippen LogP contribution in [0.3, 0.4) is 0 Å². The monoisotopic (exact) mass is 259 g/mol. The Morgan fingerprint density at radius 2 is 2.37 bits per heavy atom. The van der Waals surface area contributed by atoms with Crippen LogP contribution in [0.2, 0.25) is 0 Å². The summed E-state index contributed by atoms with van der Waals surface area (Å²) >= 11 is 0. The van der Waals surface area contributed by atoms with E-state index in [-0.39, 0.29) is 5.91 Å². The maximum Gasteiger partial charge on any atom is 0.271 e. The lowest BCUT2D eigenvalue weighted by molar-refractivity contribution is 0.0951. The van der Waals surface area contributed by atoms with Crippen molar-refractivity contribution in [2.24, 2.45) is 0 Å². The minimum absolute atomic E-state index is 0.0871. The van der Waals surface area contributed by atoms with E-state index in [9.17, 15) is 4.79 Å². The summed E-state index contributed by atoms with van der Waals surface area (Å²) in [6.45, 7) is 3.72. The van der Waals surface area contributed by atoms with Gasteiger partial charge in [-0.15, -0.1) is 0 Å². The van der Waals surface area contributed by atoms with Crippen LogP contribution in [0.15, 0.2) is 12.4 Å². The predicted octanol–water partition coefficient (Wildman–Crippen LogP) is 1.36. The lowest BCUT2D eigenvalue weighted by atomic mass is 10.2. The first-order valence-electron chi connectivity index (χ1n) is 6.68. The van der Waals surface area contributed by atoms with Crippen LogP contribution >= 0.6 is 0 Å². The van der Waals surface area contributed by atoms with Gasteiger partial charge in [0.05, 0.1) is 11.8 Å². The Bertz CT molecular complexity index is 598. The quantitative estimate of drug-likeness (QED) is 0.873. The summed E-state index contributed by atoms with van der Waals surface area (Å²) in [4.78, 5) is 19.5. The number of nitrogens with one attached hydrogen (secondary N) is 2. The van der Waals surface area contributed by atoms with Crippen LogP contribution < -0.4 is 5.32 Å². The highest BCUT2D eigenvalue weighted by Crippen LogP contribution is 2.20. The second kappa shape index (κ2) is 4.87. The van der Waals surface area contributed by atoms with E-state index in [0.29, 0.717) is 12.2 Å². The molecule has 0 saturated carbocycles. The van der Waals surface area contributed by atoms with E-state index in [4.69, 9.17) is 0 Å². The van der Waals surface area contributed by atoms with Crippen LogP contribution in [0.25, 0.3) is 11.4 Å². The summed E-state index contributed by atoms with van der Waals surface area (Å²) in [7, 11) is 0. The zero-order valence-electron chi connectivity index (χ0n) is 10.9. The van der Waals surface area contributed by atoms with Gasteiger partial charge in [-0.3, -0.25) is 9.48 Å². The number of carbonyl (C=O) groups excluding carboxylic acids is 1. The van der Waals surface area contributed by atoms with E-state index >= 15 is 0 Å². The molecule has 0 aromatic carbocycles. The summed E-state index contributed by atoms with van der Waals surface area (Å²) in [5.41, 5.74) is 2.37. The molecular formula is C13H17N5O. The van der Waals surface area contributed by atoms with E-state index in [1.54, 1.807) is 6.20 Å². The van der Waals surface area contributed by atoms with E-state index in [1.165, 1.54) is 0 Å². The molecule has 0 unspecified atom stereocenters.